The third kappa shape index (κ3) is 2.90. The van der Waals surface area contributed by atoms with E-state index in [-0.39, 0.29) is 6.54 Å². The molecule has 0 unspecified atom stereocenters. The highest BCUT2D eigenvalue weighted by atomic mass is 32.2. The third-order valence-corrected chi connectivity index (χ3v) is 1.42. The van der Waals surface area contributed by atoms with Crippen LogP contribution in [-0.2, 0) is 15.2 Å². The van der Waals surface area contributed by atoms with Gasteiger partial charge in [-0.3, -0.25) is 0 Å². The number of hydrogen-bond acceptors (Lipinski definition) is 7. The average Bonchev–Trinajstić information content (AvgIpc) is 2.53. The van der Waals surface area contributed by atoms with Gasteiger partial charge in [0.1, 0.15) is 0 Å². The van der Waals surface area contributed by atoms with Crippen LogP contribution < -0.4 is 0 Å². The summed E-state index contributed by atoms with van der Waals surface area (Å²) in [6.07, 6.45) is -2.61. The first-order valence-electron chi connectivity index (χ1n) is 3.31. The van der Waals surface area contributed by atoms with Gasteiger partial charge in [0.05, 0.1) is 13.1 Å². The Morgan fingerprint density at radius 1 is 1.43 bits per heavy atom. The van der Waals surface area contributed by atoms with E-state index in [9.17, 15) is 18.0 Å². The Kier molecular flexibility index (Phi) is 3.23. The van der Waals surface area contributed by atoms with Gasteiger partial charge >= 0.3 is 22.7 Å². The van der Waals surface area contributed by atoms with E-state index in [0.717, 1.165) is 5.01 Å². The van der Waals surface area contributed by atoms with E-state index < -0.39 is 22.7 Å². The number of nitrogens with zero attached hydrogens (tertiary/aromatic N) is 4. The lowest BCUT2D eigenvalue weighted by molar-refractivity contribution is 0.127. The molecular formula is C4H4N4O5S. The molecule has 0 fully saturated rings. The lowest BCUT2D eigenvalue weighted by Crippen LogP contribution is -2.26. The van der Waals surface area contributed by atoms with Gasteiger partial charge in [0.15, 0.2) is 0 Å². The number of carbonyl (C=O) groups is 2. The van der Waals surface area contributed by atoms with Crippen molar-refractivity contribution in [3.63, 3.8) is 0 Å². The molecule has 9 nitrogen and oxygen atoms in total. The van der Waals surface area contributed by atoms with Crippen molar-refractivity contribution in [1.82, 2.24) is 5.01 Å². The fourth-order valence-electron chi connectivity index (χ4n) is 0.640. The maximum atomic E-state index is 10.9. The summed E-state index contributed by atoms with van der Waals surface area (Å²) in [4.78, 5) is 21.4. The first-order valence-corrected chi connectivity index (χ1v) is 4.34. The highest BCUT2D eigenvalue weighted by Crippen LogP contribution is 2.03. The summed E-state index contributed by atoms with van der Waals surface area (Å²) < 4.78 is 26.2. The zero-order valence-electron chi connectivity index (χ0n) is 6.65. The topological polar surface area (TPSA) is 118 Å². The predicted molar refractivity (Wildman–Crippen MR) is 39.7 cm³/mol. The van der Waals surface area contributed by atoms with Crippen LogP contribution in [-0.4, -0.2) is 38.7 Å². The lowest BCUT2D eigenvalue weighted by atomic mass is 10.6. The van der Waals surface area contributed by atoms with Gasteiger partial charge in [-0.05, 0) is 0 Å². The molecule has 1 heterocycles. The van der Waals surface area contributed by atoms with Gasteiger partial charge in [0.25, 0.3) is 0 Å². The van der Waals surface area contributed by atoms with E-state index in [1.54, 1.807) is 0 Å². The Bertz CT molecular complexity index is 403. The molecule has 0 radical (unpaired) electrons. The normalized spacial score (nSPS) is 13.9. The van der Waals surface area contributed by atoms with Crippen molar-refractivity contribution in [3.05, 3.63) is 0 Å². The number of carbonyl (C=O) groups excluding carboxylic acids is 2. The summed E-state index contributed by atoms with van der Waals surface area (Å²) in [5.74, 6) is 0. The van der Waals surface area contributed by atoms with E-state index in [0.29, 0.717) is 6.54 Å². The van der Waals surface area contributed by atoms with Gasteiger partial charge in [-0.25, -0.2) is 9.59 Å². The summed E-state index contributed by atoms with van der Waals surface area (Å²) in [5, 5.41) is 7.52. The molecule has 76 valence electrons. The molecule has 0 spiro atoms. The van der Waals surface area contributed by atoms with Crippen LogP contribution in [0, 0.1) is 0 Å². The van der Waals surface area contributed by atoms with Crippen LogP contribution in [0.25, 0.3) is 0 Å². The Balaban J connectivity index is 2.52. The summed E-state index contributed by atoms with van der Waals surface area (Å²) in [5.41, 5.74) is 0. The maximum absolute atomic E-state index is 10.9. The Labute approximate surface area is 79.0 Å². The molecule has 1 aliphatic heterocycles. The van der Waals surface area contributed by atoms with Crippen LogP contribution in [0.3, 0.4) is 0 Å². The summed E-state index contributed by atoms with van der Waals surface area (Å²) in [6.45, 7) is 0.500. The standard InChI is InChI=1S/C4H4N4O5S/c9-3(6-14(11)12)13-4(10)8-2-1-5-7-8/h1-2H2. The lowest BCUT2D eigenvalue weighted by Gasteiger charge is -2.05. The van der Waals surface area contributed by atoms with Crippen LogP contribution in [0.4, 0.5) is 9.59 Å². The van der Waals surface area contributed by atoms with Crippen molar-refractivity contribution in [3.8, 4) is 0 Å². The van der Waals surface area contributed by atoms with E-state index in [2.05, 4.69) is 19.4 Å². The van der Waals surface area contributed by atoms with E-state index in [1.165, 1.54) is 0 Å². The number of rotatable bonds is 0. The molecule has 2 amide bonds. The second-order valence-electron chi connectivity index (χ2n) is 2.02. The molecule has 0 saturated heterocycles. The second-order valence-corrected chi connectivity index (χ2v) is 2.64. The minimum Gasteiger partial charge on any atom is -0.355 e. The molecule has 1 aliphatic rings. The quantitative estimate of drug-likeness (QED) is 0.532. The molecule has 0 aliphatic carbocycles. The fraction of sp³-hybridized carbons (Fsp3) is 0.500. The van der Waals surface area contributed by atoms with Gasteiger partial charge in [0.2, 0.25) is 0 Å². The smallest absolute Gasteiger partial charge is 0.355 e. The number of ether oxygens (including phenoxy) is 1. The largest absolute Gasteiger partial charge is 0.457 e. The molecule has 10 heteroatoms. The molecule has 0 aromatic carbocycles. The maximum Gasteiger partial charge on any atom is 0.457 e. The van der Waals surface area contributed by atoms with Crippen LogP contribution in [0.15, 0.2) is 14.7 Å². The van der Waals surface area contributed by atoms with Crippen molar-refractivity contribution in [2.45, 2.75) is 0 Å². The van der Waals surface area contributed by atoms with Crippen LogP contribution in [0.2, 0.25) is 0 Å². The Hall–Kier alpha value is -1.84. The zero-order valence-corrected chi connectivity index (χ0v) is 7.47. The Morgan fingerprint density at radius 3 is 2.64 bits per heavy atom. The monoisotopic (exact) mass is 220 g/mol. The van der Waals surface area contributed by atoms with Crippen LogP contribution in [0.5, 0.6) is 0 Å². The number of amides is 2. The summed E-state index contributed by atoms with van der Waals surface area (Å²) >= 11 is 0. The minimum atomic E-state index is -2.94. The van der Waals surface area contributed by atoms with Crippen molar-refractivity contribution in [2.24, 2.45) is 14.7 Å². The molecule has 0 atom stereocenters. The van der Waals surface area contributed by atoms with Gasteiger partial charge in [-0.2, -0.15) is 18.5 Å². The molecule has 0 saturated carbocycles. The van der Waals surface area contributed by atoms with Crippen molar-refractivity contribution >= 4 is 22.7 Å². The average molecular weight is 220 g/mol. The molecule has 0 N–H and O–H groups in total. The van der Waals surface area contributed by atoms with Gasteiger partial charge in [0, 0.05) is 0 Å². The van der Waals surface area contributed by atoms with Gasteiger partial charge < -0.3 is 4.74 Å². The van der Waals surface area contributed by atoms with Crippen LogP contribution in [0.1, 0.15) is 0 Å². The van der Waals surface area contributed by atoms with Crippen molar-refractivity contribution in [1.29, 1.82) is 0 Å². The first kappa shape index (κ1) is 10.2. The highest BCUT2D eigenvalue weighted by Gasteiger charge is 2.20. The SMILES string of the molecule is O=C(N=S(=O)=O)OC(=O)N1CCN=N1. The number of hydrogen-bond donors (Lipinski definition) is 0. The van der Waals surface area contributed by atoms with Crippen molar-refractivity contribution < 1.29 is 22.7 Å². The van der Waals surface area contributed by atoms with E-state index in [1.807, 2.05) is 0 Å². The molecule has 14 heavy (non-hydrogen) atoms. The zero-order chi connectivity index (χ0) is 10.6. The summed E-state index contributed by atoms with van der Waals surface area (Å²) in [7, 11) is -2.94. The second kappa shape index (κ2) is 4.41. The minimum absolute atomic E-state index is 0.187. The van der Waals surface area contributed by atoms with Gasteiger partial charge in [-0.15, -0.1) is 0 Å². The Morgan fingerprint density at radius 2 is 2.14 bits per heavy atom. The van der Waals surface area contributed by atoms with Gasteiger partial charge in [-0.1, -0.05) is 9.59 Å². The third-order valence-electron chi connectivity index (χ3n) is 1.12. The van der Waals surface area contributed by atoms with Crippen molar-refractivity contribution in [2.75, 3.05) is 13.1 Å². The predicted octanol–water partition coefficient (Wildman–Crippen LogP) is -0.0115. The molecular weight excluding hydrogens is 216 g/mol. The molecule has 0 bridgehead atoms. The molecule has 0 aromatic rings. The molecule has 0 aromatic heterocycles. The van der Waals surface area contributed by atoms with E-state index in [4.69, 9.17) is 0 Å². The highest BCUT2D eigenvalue weighted by molar-refractivity contribution is 7.62. The summed E-state index contributed by atoms with van der Waals surface area (Å²) in [6, 6.07) is 0. The van der Waals surface area contributed by atoms with E-state index >= 15 is 0 Å². The molecule has 1 rings (SSSR count). The first-order chi connectivity index (χ1) is 6.59. The fourth-order valence-corrected chi connectivity index (χ4v) is 0.799. The van der Waals surface area contributed by atoms with Crippen LogP contribution >= 0.6 is 0 Å².